The van der Waals surface area contributed by atoms with Crippen molar-refractivity contribution in [1.29, 1.82) is 0 Å². The highest BCUT2D eigenvalue weighted by Crippen LogP contribution is 2.04. The number of ketones is 1. The molecule has 3 nitrogen and oxygen atoms in total. The standard InChI is InChI=1S/C13H25NO2/c1-4-12(15)9-7-5-6-8-10-14-13(16)11(2)3/h11H,4-10H2,1-3H3,(H,14,16). The third-order valence-corrected chi connectivity index (χ3v) is 2.60. The van der Waals surface area contributed by atoms with E-state index in [1.165, 1.54) is 0 Å². The van der Waals surface area contributed by atoms with Gasteiger partial charge < -0.3 is 5.32 Å². The summed E-state index contributed by atoms with van der Waals surface area (Å²) >= 11 is 0. The van der Waals surface area contributed by atoms with Crippen molar-refractivity contribution in [2.45, 2.75) is 59.3 Å². The minimum Gasteiger partial charge on any atom is -0.356 e. The maximum Gasteiger partial charge on any atom is 0.222 e. The molecular weight excluding hydrogens is 202 g/mol. The maximum absolute atomic E-state index is 11.2. The lowest BCUT2D eigenvalue weighted by atomic mass is 10.1. The largest absolute Gasteiger partial charge is 0.356 e. The van der Waals surface area contributed by atoms with Crippen molar-refractivity contribution in [2.75, 3.05) is 6.54 Å². The average Bonchev–Trinajstić information content (AvgIpc) is 2.26. The van der Waals surface area contributed by atoms with Gasteiger partial charge in [-0.25, -0.2) is 0 Å². The van der Waals surface area contributed by atoms with Gasteiger partial charge in [0.05, 0.1) is 0 Å². The SMILES string of the molecule is CCC(=O)CCCCCCNC(=O)C(C)C. The Morgan fingerprint density at radius 3 is 2.25 bits per heavy atom. The lowest BCUT2D eigenvalue weighted by Gasteiger charge is -2.07. The quantitative estimate of drug-likeness (QED) is 0.616. The number of carbonyl (C=O) groups is 2. The van der Waals surface area contributed by atoms with Gasteiger partial charge >= 0.3 is 0 Å². The number of amides is 1. The summed E-state index contributed by atoms with van der Waals surface area (Å²) in [5, 5.41) is 2.89. The fraction of sp³-hybridized carbons (Fsp3) is 0.846. The van der Waals surface area contributed by atoms with Gasteiger partial charge in [0.25, 0.3) is 0 Å². The molecule has 0 aliphatic carbocycles. The Morgan fingerprint density at radius 1 is 1.06 bits per heavy atom. The molecule has 0 unspecified atom stereocenters. The van der Waals surface area contributed by atoms with E-state index in [0.29, 0.717) is 12.2 Å². The van der Waals surface area contributed by atoms with Crippen LogP contribution in [0.5, 0.6) is 0 Å². The van der Waals surface area contributed by atoms with E-state index in [1.807, 2.05) is 20.8 Å². The minimum atomic E-state index is 0.0715. The molecule has 0 rings (SSSR count). The van der Waals surface area contributed by atoms with Crippen LogP contribution in [-0.2, 0) is 9.59 Å². The van der Waals surface area contributed by atoms with E-state index in [-0.39, 0.29) is 11.8 Å². The van der Waals surface area contributed by atoms with Crippen molar-refractivity contribution in [3.05, 3.63) is 0 Å². The van der Waals surface area contributed by atoms with Crippen LogP contribution in [0.1, 0.15) is 59.3 Å². The number of carbonyl (C=O) groups excluding carboxylic acids is 2. The zero-order chi connectivity index (χ0) is 12.4. The zero-order valence-electron chi connectivity index (χ0n) is 10.8. The van der Waals surface area contributed by atoms with Crippen molar-refractivity contribution < 1.29 is 9.59 Å². The third kappa shape index (κ3) is 8.45. The molecule has 1 N–H and O–H groups in total. The van der Waals surface area contributed by atoms with Gasteiger partial charge in [0.1, 0.15) is 5.78 Å². The van der Waals surface area contributed by atoms with Crippen LogP contribution in [0.4, 0.5) is 0 Å². The van der Waals surface area contributed by atoms with Gasteiger partial charge in [0.2, 0.25) is 5.91 Å². The smallest absolute Gasteiger partial charge is 0.222 e. The number of nitrogens with one attached hydrogen (secondary N) is 1. The van der Waals surface area contributed by atoms with Crippen LogP contribution in [0.15, 0.2) is 0 Å². The van der Waals surface area contributed by atoms with Crippen LogP contribution in [0, 0.1) is 5.92 Å². The first-order chi connectivity index (χ1) is 7.57. The van der Waals surface area contributed by atoms with Crippen molar-refractivity contribution in [1.82, 2.24) is 5.32 Å². The predicted octanol–water partition coefficient (Wildman–Crippen LogP) is 2.69. The molecule has 0 saturated heterocycles. The van der Waals surface area contributed by atoms with Gasteiger partial charge in [-0.1, -0.05) is 33.6 Å². The van der Waals surface area contributed by atoms with Crippen molar-refractivity contribution >= 4 is 11.7 Å². The van der Waals surface area contributed by atoms with Gasteiger partial charge in [0, 0.05) is 25.3 Å². The lowest BCUT2D eigenvalue weighted by molar-refractivity contribution is -0.124. The van der Waals surface area contributed by atoms with E-state index in [1.54, 1.807) is 0 Å². The van der Waals surface area contributed by atoms with Gasteiger partial charge in [-0.15, -0.1) is 0 Å². The van der Waals surface area contributed by atoms with E-state index >= 15 is 0 Å². The van der Waals surface area contributed by atoms with Crippen LogP contribution in [0.2, 0.25) is 0 Å². The van der Waals surface area contributed by atoms with Crippen molar-refractivity contribution in [3.8, 4) is 0 Å². The summed E-state index contributed by atoms with van der Waals surface area (Å²) in [6, 6.07) is 0. The molecule has 0 aliphatic heterocycles. The fourth-order valence-electron chi connectivity index (χ4n) is 1.39. The molecule has 1 amide bonds. The monoisotopic (exact) mass is 227 g/mol. The fourth-order valence-corrected chi connectivity index (χ4v) is 1.39. The number of hydrogen-bond donors (Lipinski definition) is 1. The average molecular weight is 227 g/mol. The van der Waals surface area contributed by atoms with Gasteiger partial charge in [-0.3, -0.25) is 9.59 Å². The molecule has 94 valence electrons. The van der Waals surface area contributed by atoms with E-state index in [4.69, 9.17) is 0 Å². The summed E-state index contributed by atoms with van der Waals surface area (Å²) in [5.74, 6) is 0.552. The highest BCUT2D eigenvalue weighted by atomic mass is 16.1. The minimum absolute atomic E-state index is 0.0715. The number of rotatable bonds is 9. The van der Waals surface area contributed by atoms with Crippen LogP contribution < -0.4 is 5.32 Å². The molecule has 0 bridgehead atoms. The summed E-state index contributed by atoms with van der Waals surface area (Å²) in [6.07, 6.45) is 5.56. The Hall–Kier alpha value is -0.860. The Labute approximate surface area is 99.0 Å². The molecule has 0 atom stereocenters. The second-order valence-electron chi connectivity index (χ2n) is 4.50. The highest BCUT2D eigenvalue weighted by Gasteiger charge is 2.04. The lowest BCUT2D eigenvalue weighted by Crippen LogP contribution is -2.28. The molecule has 0 radical (unpaired) electrons. The number of hydrogen-bond acceptors (Lipinski definition) is 2. The first-order valence-corrected chi connectivity index (χ1v) is 6.37. The van der Waals surface area contributed by atoms with Gasteiger partial charge in [-0.05, 0) is 12.8 Å². The van der Waals surface area contributed by atoms with E-state index in [0.717, 1.165) is 38.6 Å². The maximum atomic E-state index is 11.2. The number of unbranched alkanes of at least 4 members (excludes halogenated alkanes) is 3. The number of Topliss-reactive ketones (excluding diaryl/α,β-unsaturated/α-hetero) is 1. The van der Waals surface area contributed by atoms with Gasteiger partial charge in [-0.2, -0.15) is 0 Å². The van der Waals surface area contributed by atoms with Crippen molar-refractivity contribution in [2.24, 2.45) is 5.92 Å². The van der Waals surface area contributed by atoms with Gasteiger partial charge in [0.15, 0.2) is 0 Å². The molecule has 3 heteroatoms. The molecule has 0 aromatic carbocycles. The summed E-state index contributed by atoms with van der Waals surface area (Å²) in [6.45, 7) is 6.46. The van der Waals surface area contributed by atoms with E-state index < -0.39 is 0 Å². The Balaban J connectivity index is 3.22. The first-order valence-electron chi connectivity index (χ1n) is 6.37. The summed E-state index contributed by atoms with van der Waals surface area (Å²) in [4.78, 5) is 22.2. The molecule has 0 spiro atoms. The Bertz CT molecular complexity index is 212. The second-order valence-corrected chi connectivity index (χ2v) is 4.50. The van der Waals surface area contributed by atoms with E-state index in [9.17, 15) is 9.59 Å². The van der Waals surface area contributed by atoms with Crippen LogP contribution in [-0.4, -0.2) is 18.2 Å². The summed E-state index contributed by atoms with van der Waals surface area (Å²) in [5.41, 5.74) is 0. The van der Waals surface area contributed by atoms with E-state index in [2.05, 4.69) is 5.32 Å². The molecule has 0 aromatic rings. The molecule has 16 heavy (non-hydrogen) atoms. The summed E-state index contributed by atoms with van der Waals surface area (Å²) < 4.78 is 0. The normalized spacial score (nSPS) is 10.5. The second kappa shape index (κ2) is 9.37. The van der Waals surface area contributed by atoms with Crippen molar-refractivity contribution in [3.63, 3.8) is 0 Å². The summed E-state index contributed by atoms with van der Waals surface area (Å²) in [7, 11) is 0. The van der Waals surface area contributed by atoms with Crippen LogP contribution >= 0.6 is 0 Å². The third-order valence-electron chi connectivity index (χ3n) is 2.60. The first kappa shape index (κ1) is 15.1. The highest BCUT2D eigenvalue weighted by molar-refractivity contribution is 5.78. The topological polar surface area (TPSA) is 46.2 Å². The van der Waals surface area contributed by atoms with Crippen LogP contribution in [0.3, 0.4) is 0 Å². The molecular formula is C13H25NO2. The molecule has 0 fully saturated rings. The zero-order valence-corrected chi connectivity index (χ0v) is 10.8. The Morgan fingerprint density at radius 2 is 1.69 bits per heavy atom. The Kier molecular flexibility index (Phi) is 8.87. The predicted molar refractivity (Wildman–Crippen MR) is 66.2 cm³/mol. The molecule has 0 aliphatic rings. The molecule has 0 heterocycles. The molecule has 0 saturated carbocycles. The van der Waals surface area contributed by atoms with Crippen LogP contribution in [0.25, 0.3) is 0 Å². The molecule has 0 aromatic heterocycles.